The maximum atomic E-state index is 14.6. The van der Waals surface area contributed by atoms with E-state index in [0.717, 1.165) is 24.3 Å². The van der Waals surface area contributed by atoms with Crippen molar-refractivity contribution in [3.63, 3.8) is 0 Å². The molecule has 0 radical (unpaired) electrons. The molecule has 1 aromatic heterocycles. The van der Waals surface area contributed by atoms with Crippen LogP contribution in [0.25, 0.3) is 25.1 Å². The van der Waals surface area contributed by atoms with Crippen LogP contribution in [0.1, 0.15) is 0 Å². The van der Waals surface area contributed by atoms with Gasteiger partial charge in [-0.1, -0.05) is 18.2 Å². The maximum Gasteiger partial charge on any atom is 0.250 e. The zero-order valence-corrected chi connectivity index (χ0v) is 13.3. The summed E-state index contributed by atoms with van der Waals surface area (Å²) in [6, 6.07) is 10.9. The summed E-state index contributed by atoms with van der Waals surface area (Å²) in [5.41, 5.74) is -0.565. The summed E-state index contributed by atoms with van der Waals surface area (Å²) in [5, 5.41) is -0.0202. The van der Waals surface area contributed by atoms with Crippen LogP contribution in [0.3, 0.4) is 0 Å². The van der Waals surface area contributed by atoms with Crippen LogP contribution < -0.4 is 5.43 Å². The molecule has 0 unspecified atom stereocenters. The summed E-state index contributed by atoms with van der Waals surface area (Å²) in [4.78, 5) is 12.2. The molecular weight excluding hydrogens is 352 g/mol. The highest BCUT2D eigenvalue weighted by Gasteiger charge is 2.32. The molecule has 0 N–H and O–H groups in total. The van der Waals surface area contributed by atoms with Crippen LogP contribution in [0.15, 0.2) is 59.4 Å². The van der Waals surface area contributed by atoms with E-state index in [1.54, 1.807) is 0 Å². The van der Waals surface area contributed by atoms with E-state index in [1.807, 2.05) is 0 Å². The zero-order chi connectivity index (χ0) is 17.7. The van der Waals surface area contributed by atoms with Crippen LogP contribution in [0.5, 0.6) is 0 Å². The Balaban J connectivity index is 2.42. The third-order valence-corrected chi connectivity index (χ3v) is 6.40. The van der Waals surface area contributed by atoms with Gasteiger partial charge in [-0.3, -0.25) is 4.79 Å². The van der Waals surface area contributed by atoms with E-state index < -0.39 is 44.1 Å². The summed E-state index contributed by atoms with van der Waals surface area (Å²) >= 11 is 0. The predicted molar refractivity (Wildman–Crippen MR) is 91.4 cm³/mol. The van der Waals surface area contributed by atoms with Gasteiger partial charge in [0.1, 0.15) is 0 Å². The van der Waals surface area contributed by atoms with Crippen molar-refractivity contribution >= 4 is 30.6 Å². The van der Waals surface area contributed by atoms with E-state index in [1.165, 1.54) is 30.3 Å². The highest BCUT2D eigenvalue weighted by Crippen LogP contribution is 2.47. The number of benzene rings is 3. The van der Waals surface area contributed by atoms with Crippen molar-refractivity contribution in [2.24, 2.45) is 0 Å². The molecule has 4 rings (SSSR count). The minimum Gasteiger partial charge on any atom is -0.288 e. The van der Waals surface area contributed by atoms with Gasteiger partial charge in [-0.25, -0.2) is 17.6 Å². The van der Waals surface area contributed by atoms with Gasteiger partial charge in [-0.2, -0.15) is 0 Å². The normalized spacial score (nSPS) is 11.4. The molecule has 0 aliphatic heterocycles. The molecule has 0 saturated heterocycles. The Morgan fingerprint density at radius 1 is 0.600 bits per heavy atom. The minimum atomic E-state index is -1.75. The number of halogens is 4. The number of hydrogen-bond donors (Lipinski definition) is 0. The molecule has 0 atom stereocenters. The van der Waals surface area contributed by atoms with Gasteiger partial charge < -0.3 is 0 Å². The van der Waals surface area contributed by atoms with Gasteiger partial charge in [0.2, 0.25) is 14.8 Å². The van der Waals surface area contributed by atoms with Crippen molar-refractivity contribution in [1.29, 1.82) is 0 Å². The number of fused-ring (bicyclic) bond motifs is 2. The highest BCUT2D eigenvalue weighted by molar-refractivity contribution is 7.49. The third-order valence-electron chi connectivity index (χ3n) is 3.95. The molecule has 3 aromatic carbocycles. The first kappa shape index (κ1) is 15.8. The Morgan fingerprint density at radius 3 is 1.48 bits per heavy atom. The molecule has 1 heterocycles. The molecule has 0 bridgehead atoms. The lowest BCUT2D eigenvalue weighted by Gasteiger charge is -2.05. The minimum absolute atomic E-state index is 0.0101. The molecule has 1 nitrogen and oxygen atoms in total. The van der Waals surface area contributed by atoms with Crippen LogP contribution >= 0.6 is 10.5 Å². The molecule has 25 heavy (non-hydrogen) atoms. The topological polar surface area (TPSA) is 17.1 Å². The molecular formula is C19H9F4OS+. The summed E-state index contributed by atoms with van der Waals surface area (Å²) in [7, 11) is -1.75. The van der Waals surface area contributed by atoms with E-state index >= 15 is 0 Å². The second-order valence-corrected chi connectivity index (χ2v) is 7.26. The van der Waals surface area contributed by atoms with E-state index in [9.17, 15) is 22.4 Å². The van der Waals surface area contributed by atoms with Gasteiger partial charge in [0.05, 0.1) is 10.8 Å². The second-order valence-electron chi connectivity index (χ2n) is 5.42. The molecule has 0 spiro atoms. The largest absolute Gasteiger partial charge is 0.288 e. The predicted octanol–water partition coefficient (Wildman–Crippen LogP) is 5.65. The van der Waals surface area contributed by atoms with E-state index in [-0.39, 0.29) is 20.2 Å². The lowest BCUT2D eigenvalue weighted by Crippen LogP contribution is -2.05. The summed E-state index contributed by atoms with van der Waals surface area (Å²) in [5.74, 6) is -3.43. The lowest BCUT2D eigenvalue weighted by molar-refractivity contribution is 0.595. The van der Waals surface area contributed by atoms with Gasteiger partial charge in [0.15, 0.2) is 23.3 Å². The first-order valence-electron chi connectivity index (χ1n) is 7.30. The summed E-state index contributed by atoms with van der Waals surface area (Å²) in [6.45, 7) is 0. The van der Waals surface area contributed by atoms with Gasteiger partial charge in [-0.15, -0.1) is 0 Å². The molecule has 124 valence electrons. The maximum absolute atomic E-state index is 14.6. The van der Waals surface area contributed by atoms with Gasteiger partial charge in [-0.05, 0) is 36.4 Å². The van der Waals surface area contributed by atoms with Crippen molar-refractivity contribution in [2.75, 3.05) is 0 Å². The van der Waals surface area contributed by atoms with Crippen molar-refractivity contribution < 1.29 is 17.6 Å². The molecule has 4 aromatic rings. The summed E-state index contributed by atoms with van der Waals surface area (Å²) in [6.07, 6.45) is 0. The molecule has 6 heteroatoms. The highest BCUT2D eigenvalue weighted by atomic mass is 32.2. The van der Waals surface area contributed by atoms with Crippen molar-refractivity contribution in [3.8, 4) is 4.90 Å². The fourth-order valence-corrected chi connectivity index (χ4v) is 5.34. The molecule has 0 fully saturated rings. The zero-order valence-electron chi connectivity index (χ0n) is 12.5. The number of hydrogen-bond acceptors (Lipinski definition) is 1. The average molecular weight is 361 g/mol. The molecule has 0 amide bonds. The fourth-order valence-electron chi connectivity index (χ4n) is 2.92. The van der Waals surface area contributed by atoms with Crippen LogP contribution in [0.4, 0.5) is 17.6 Å². The van der Waals surface area contributed by atoms with Crippen molar-refractivity contribution in [2.45, 2.75) is 0 Å². The lowest BCUT2D eigenvalue weighted by atomic mass is 10.2. The average Bonchev–Trinajstić information content (AvgIpc) is 2.58. The van der Waals surface area contributed by atoms with E-state index in [0.29, 0.717) is 0 Å². The van der Waals surface area contributed by atoms with Crippen LogP contribution in [0.2, 0.25) is 0 Å². The molecule has 0 aliphatic rings. The van der Waals surface area contributed by atoms with Crippen LogP contribution in [-0.4, -0.2) is 0 Å². The molecule has 0 saturated carbocycles. The Morgan fingerprint density at radius 2 is 1.00 bits per heavy atom. The Hall–Kier alpha value is -2.73. The molecule has 0 aliphatic carbocycles. The standard InChI is InChI=1S/C19H9F4OS/c20-12-6-1-4-10-16(24)11-5-2-7-13(21)18(11)25(17(10)12)19-14(22)8-3-9-15(19)23/h1-9H/q+1. The quantitative estimate of drug-likeness (QED) is 0.243. The first-order valence-corrected chi connectivity index (χ1v) is 8.53. The Bertz CT molecular complexity index is 1130. The Kier molecular flexibility index (Phi) is 3.58. The van der Waals surface area contributed by atoms with Gasteiger partial charge in [0, 0.05) is 10.5 Å². The van der Waals surface area contributed by atoms with Gasteiger partial charge in [0.25, 0.3) is 4.90 Å². The third kappa shape index (κ3) is 2.25. The summed E-state index contributed by atoms with van der Waals surface area (Å²) < 4.78 is 57.6. The fraction of sp³-hybridized carbons (Fsp3) is 0. The Labute approximate surface area is 141 Å². The van der Waals surface area contributed by atoms with Crippen LogP contribution in [0, 0.1) is 23.3 Å². The smallest absolute Gasteiger partial charge is 0.250 e. The number of rotatable bonds is 1. The monoisotopic (exact) mass is 361 g/mol. The SMILES string of the molecule is O=c1c2cccc(F)c2[s+](-c2c(F)cccc2F)c2c(F)cccc12. The first-order chi connectivity index (χ1) is 12.0. The van der Waals surface area contributed by atoms with E-state index in [4.69, 9.17) is 0 Å². The van der Waals surface area contributed by atoms with Crippen molar-refractivity contribution in [1.82, 2.24) is 0 Å². The second kappa shape index (κ2) is 5.67. The van der Waals surface area contributed by atoms with E-state index in [2.05, 4.69) is 0 Å². The van der Waals surface area contributed by atoms with Crippen molar-refractivity contribution in [3.05, 3.63) is 88.1 Å². The van der Waals surface area contributed by atoms with Gasteiger partial charge >= 0.3 is 0 Å². The van der Waals surface area contributed by atoms with Crippen LogP contribution in [-0.2, 0) is 0 Å².